The van der Waals surface area contributed by atoms with Gasteiger partial charge >= 0.3 is 0 Å². The van der Waals surface area contributed by atoms with E-state index in [1.165, 1.54) is 24.4 Å². The Labute approximate surface area is 157 Å². The molecule has 5 nitrogen and oxygen atoms in total. The molecule has 0 aliphatic carbocycles. The van der Waals surface area contributed by atoms with Gasteiger partial charge in [-0.25, -0.2) is 9.82 Å². The van der Waals surface area contributed by atoms with Gasteiger partial charge in [0.05, 0.1) is 17.3 Å². The Hall–Kier alpha value is -3.15. The second-order valence-electron chi connectivity index (χ2n) is 7.15. The van der Waals surface area contributed by atoms with Crippen LogP contribution in [0, 0.1) is 5.82 Å². The van der Waals surface area contributed by atoms with Crippen molar-refractivity contribution in [2.24, 2.45) is 5.10 Å². The van der Waals surface area contributed by atoms with Gasteiger partial charge in [0.25, 0.3) is 5.91 Å². The van der Waals surface area contributed by atoms with Crippen LogP contribution in [-0.4, -0.2) is 29.8 Å². The van der Waals surface area contributed by atoms with Crippen molar-refractivity contribution >= 4 is 23.4 Å². The fourth-order valence-electron chi connectivity index (χ4n) is 3.17. The van der Waals surface area contributed by atoms with Gasteiger partial charge in [-0.05, 0) is 50.6 Å². The Kier molecular flexibility index (Phi) is 4.74. The van der Waals surface area contributed by atoms with Gasteiger partial charge in [-0.2, -0.15) is 5.10 Å². The van der Waals surface area contributed by atoms with Gasteiger partial charge in [-0.15, -0.1) is 0 Å². The number of likely N-dealkylation sites (N-methyl/N-ethyl adjacent to an activating group) is 1. The Morgan fingerprint density at radius 3 is 2.70 bits per heavy atom. The van der Waals surface area contributed by atoms with Crippen LogP contribution >= 0.6 is 0 Å². The van der Waals surface area contributed by atoms with Crippen LogP contribution in [0.2, 0.25) is 0 Å². The van der Waals surface area contributed by atoms with Crippen LogP contribution in [0.25, 0.3) is 5.57 Å². The summed E-state index contributed by atoms with van der Waals surface area (Å²) in [6, 6.07) is 9.35. The average Bonchev–Trinajstić information content (AvgIpc) is 2.60. The number of phenols is 1. The molecule has 2 aromatic rings. The van der Waals surface area contributed by atoms with E-state index in [-0.39, 0.29) is 22.4 Å². The van der Waals surface area contributed by atoms with E-state index in [0.29, 0.717) is 0 Å². The number of benzene rings is 2. The lowest BCUT2D eigenvalue weighted by atomic mass is 9.88. The molecular weight excluding hydrogens is 345 g/mol. The summed E-state index contributed by atoms with van der Waals surface area (Å²) < 4.78 is 14.6. The fourth-order valence-corrected chi connectivity index (χ4v) is 3.17. The highest BCUT2D eigenvalue weighted by molar-refractivity contribution is 5.97. The predicted molar refractivity (Wildman–Crippen MR) is 106 cm³/mol. The number of hydrogen-bond donors (Lipinski definition) is 2. The summed E-state index contributed by atoms with van der Waals surface area (Å²) in [5, 5.41) is 13.5. The zero-order valence-electron chi connectivity index (χ0n) is 15.7. The average molecular weight is 367 g/mol. The van der Waals surface area contributed by atoms with Gasteiger partial charge in [-0.1, -0.05) is 18.2 Å². The number of para-hydroxylation sites is 1. The fraction of sp³-hybridized carbons (Fsp3) is 0.238. The van der Waals surface area contributed by atoms with Crippen molar-refractivity contribution in [1.29, 1.82) is 0 Å². The standard InChI is InChI=1S/C21H22FN3O2/c1-13-11-21(2,3)25(4)18-10-17(22)14(9-16(13)18)12-23-24-20(27)15-7-5-6-8-19(15)26/h5-12,26H,1-4H3,(H,24,27)/b23-12+. The number of hydrogen-bond acceptors (Lipinski definition) is 4. The topological polar surface area (TPSA) is 64.9 Å². The number of hydrazone groups is 1. The molecule has 1 heterocycles. The smallest absolute Gasteiger partial charge is 0.275 e. The normalized spacial score (nSPS) is 15.4. The molecule has 0 spiro atoms. The van der Waals surface area contributed by atoms with Crippen LogP contribution < -0.4 is 10.3 Å². The number of aromatic hydroxyl groups is 1. The Morgan fingerprint density at radius 2 is 2.00 bits per heavy atom. The highest BCUT2D eigenvalue weighted by Crippen LogP contribution is 2.38. The van der Waals surface area contributed by atoms with Crippen LogP contribution in [0.5, 0.6) is 5.75 Å². The number of fused-ring (bicyclic) bond motifs is 1. The van der Waals surface area contributed by atoms with Crippen molar-refractivity contribution in [3.63, 3.8) is 0 Å². The van der Waals surface area contributed by atoms with Crippen molar-refractivity contribution in [1.82, 2.24) is 5.43 Å². The summed E-state index contributed by atoms with van der Waals surface area (Å²) in [5.74, 6) is -1.14. The maximum absolute atomic E-state index is 14.6. The van der Waals surface area contributed by atoms with Crippen LogP contribution in [0.3, 0.4) is 0 Å². The van der Waals surface area contributed by atoms with Gasteiger partial charge in [0.1, 0.15) is 11.6 Å². The molecule has 1 aliphatic heterocycles. The number of nitrogens with zero attached hydrogens (tertiary/aromatic N) is 2. The lowest BCUT2D eigenvalue weighted by molar-refractivity contribution is 0.0952. The van der Waals surface area contributed by atoms with E-state index in [9.17, 15) is 14.3 Å². The molecule has 0 fully saturated rings. The maximum atomic E-state index is 14.6. The molecule has 140 valence electrons. The van der Waals surface area contributed by atoms with E-state index in [1.807, 2.05) is 18.9 Å². The number of amides is 1. The monoisotopic (exact) mass is 367 g/mol. The molecule has 2 N–H and O–H groups in total. The number of rotatable bonds is 3. The molecule has 1 aliphatic rings. The first kappa shape index (κ1) is 18.6. The molecule has 1 amide bonds. The number of carbonyl (C=O) groups is 1. The molecule has 2 aromatic carbocycles. The first-order valence-corrected chi connectivity index (χ1v) is 8.59. The highest BCUT2D eigenvalue weighted by atomic mass is 19.1. The van der Waals surface area contributed by atoms with Gasteiger partial charge < -0.3 is 10.0 Å². The third-order valence-corrected chi connectivity index (χ3v) is 4.85. The van der Waals surface area contributed by atoms with Gasteiger partial charge in [-0.3, -0.25) is 4.79 Å². The van der Waals surface area contributed by atoms with Crippen LogP contribution in [-0.2, 0) is 0 Å². The molecule has 0 bridgehead atoms. The lowest BCUT2D eigenvalue weighted by Crippen LogP contribution is -2.42. The summed E-state index contributed by atoms with van der Waals surface area (Å²) >= 11 is 0. The molecule has 0 saturated carbocycles. The van der Waals surface area contributed by atoms with E-state index >= 15 is 0 Å². The van der Waals surface area contributed by atoms with Gasteiger partial charge in [0.2, 0.25) is 0 Å². The van der Waals surface area contributed by atoms with Crippen molar-refractivity contribution in [2.45, 2.75) is 26.3 Å². The highest BCUT2D eigenvalue weighted by Gasteiger charge is 2.29. The minimum atomic E-state index is -0.569. The van der Waals surface area contributed by atoms with Crippen molar-refractivity contribution < 1.29 is 14.3 Å². The predicted octanol–water partition coefficient (Wildman–Crippen LogP) is 3.93. The van der Waals surface area contributed by atoms with Crippen LogP contribution in [0.1, 0.15) is 42.3 Å². The second-order valence-corrected chi connectivity index (χ2v) is 7.15. The van der Waals surface area contributed by atoms with Crippen molar-refractivity contribution in [3.8, 4) is 5.75 Å². The second kappa shape index (κ2) is 6.87. The van der Waals surface area contributed by atoms with Crippen molar-refractivity contribution in [3.05, 3.63) is 65.0 Å². The summed E-state index contributed by atoms with van der Waals surface area (Å²) in [5.41, 5.74) is 5.27. The molecule has 0 aromatic heterocycles. The first-order valence-electron chi connectivity index (χ1n) is 8.59. The molecule has 27 heavy (non-hydrogen) atoms. The van der Waals surface area contributed by atoms with Gasteiger partial charge in [0.15, 0.2) is 0 Å². The summed E-state index contributed by atoms with van der Waals surface area (Å²) in [6.45, 7) is 6.13. The Morgan fingerprint density at radius 1 is 1.30 bits per heavy atom. The number of halogens is 1. The number of anilines is 1. The zero-order valence-corrected chi connectivity index (χ0v) is 15.7. The molecule has 0 atom stereocenters. The minimum absolute atomic E-state index is 0.100. The maximum Gasteiger partial charge on any atom is 0.275 e. The SMILES string of the molecule is CC1=CC(C)(C)N(C)c2cc(F)c(/C=N/NC(=O)c3ccccc3O)cc21. The summed E-state index contributed by atoms with van der Waals surface area (Å²) in [7, 11) is 1.93. The zero-order chi connectivity index (χ0) is 19.8. The minimum Gasteiger partial charge on any atom is -0.507 e. The van der Waals surface area contributed by atoms with E-state index in [0.717, 1.165) is 16.8 Å². The van der Waals surface area contributed by atoms with Crippen LogP contribution in [0.15, 0.2) is 47.6 Å². The Balaban J connectivity index is 1.85. The molecule has 0 unspecified atom stereocenters. The number of allylic oxidation sites excluding steroid dienone is 1. The number of carbonyl (C=O) groups excluding carboxylic acids is 1. The van der Waals surface area contributed by atoms with Gasteiger partial charge in [0, 0.05) is 23.9 Å². The lowest BCUT2D eigenvalue weighted by Gasteiger charge is -2.40. The molecular formula is C21H22FN3O2. The molecule has 3 rings (SSSR count). The van der Waals surface area contributed by atoms with E-state index in [2.05, 4.69) is 30.5 Å². The van der Waals surface area contributed by atoms with E-state index < -0.39 is 11.7 Å². The van der Waals surface area contributed by atoms with Crippen molar-refractivity contribution in [2.75, 3.05) is 11.9 Å². The molecule has 0 saturated heterocycles. The number of phenolic OH excluding ortho intramolecular Hbond substituents is 1. The third-order valence-electron chi connectivity index (χ3n) is 4.85. The third kappa shape index (κ3) is 3.56. The quantitative estimate of drug-likeness (QED) is 0.638. The number of nitrogens with one attached hydrogen (secondary N) is 1. The molecule has 0 radical (unpaired) electrons. The van der Waals surface area contributed by atoms with Crippen LogP contribution in [0.4, 0.5) is 10.1 Å². The summed E-state index contributed by atoms with van der Waals surface area (Å²) in [4.78, 5) is 14.1. The van der Waals surface area contributed by atoms with E-state index in [4.69, 9.17) is 0 Å². The molecule has 6 heteroatoms. The summed E-state index contributed by atoms with van der Waals surface area (Å²) in [6.07, 6.45) is 3.40. The first-order chi connectivity index (χ1) is 12.7. The Bertz CT molecular complexity index is 964. The van der Waals surface area contributed by atoms with E-state index in [1.54, 1.807) is 18.2 Å². The largest absolute Gasteiger partial charge is 0.507 e.